The van der Waals surface area contributed by atoms with Crippen LogP contribution in [0.4, 0.5) is 22.0 Å². The second-order valence-electron chi connectivity index (χ2n) is 12.0. The normalized spacial score (nSPS) is 24.1. The maximum Gasteiger partial charge on any atom is 0.194 e. The van der Waals surface area contributed by atoms with Crippen molar-refractivity contribution in [1.82, 2.24) is 0 Å². The van der Waals surface area contributed by atoms with Gasteiger partial charge in [0.1, 0.15) is 11.6 Å². The van der Waals surface area contributed by atoms with Crippen LogP contribution in [0.25, 0.3) is 0 Å². The van der Waals surface area contributed by atoms with Crippen LogP contribution in [0.5, 0.6) is 0 Å². The average molecular weight is 535 g/mol. The molecule has 4 rings (SSSR count). The molecule has 0 saturated heterocycles. The summed E-state index contributed by atoms with van der Waals surface area (Å²) in [4.78, 5) is 0. The predicted molar refractivity (Wildman–Crippen MR) is 144 cm³/mol. The van der Waals surface area contributed by atoms with Crippen molar-refractivity contribution in [2.75, 3.05) is 0 Å². The molecule has 38 heavy (non-hydrogen) atoms. The van der Waals surface area contributed by atoms with Crippen LogP contribution in [-0.2, 0) is 12.8 Å². The molecule has 0 N–H and O–H groups in total. The van der Waals surface area contributed by atoms with Crippen molar-refractivity contribution in [3.8, 4) is 0 Å². The van der Waals surface area contributed by atoms with Crippen LogP contribution in [0.2, 0.25) is 0 Å². The molecule has 2 aliphatic rings. The van der Waals surface area contributed by atoms with E-state index in [-0.39, 0.29) is 29.9 Å². The minimum Gasteiger partial charge on any atom is -0.207 e. The summed E-state index contributed by atoms with van der Waals surface area (Å²) in [5.74, 6) is -2.56. The Hall–Kier alpha value is -1.91. The molecule has 2 saturated carbocycles. The molecule has 2 fully saturated rings. The Morgan fingerprint density at radius 3 is 1.55 bits per heavy atom. The number of rotatable bonds is 11. The SMILES string of the molecule is CCCC1CCC(CCCCC2CCC(c3cc(F)c(CCc4cc(F)c(F)c(F)c4)c(F)c3)CC2)CC1. The third-order valence-electron chi connectivity index (χ3n) is 9.33. The van der Waals surface area contributed by atoms with E-state index in [0.717, 1.165) is 55.6 Å². The number of unbranched alkanes of at least 4 members (excludes halogenated alkanes) is 1. The fraction of sp³-hybridized carbons (Fsp3) is 0.636. The van der Waals surface area contributed by atoms with Gasteiger partial charge >= 0.3 is 0 Å². The van der Waals surface area contributed by atoms with Crippen molar-refractivity contribution in [3.63, 3.8) is 0 Å². The van der Waals surface area contributed by atoms with E-state index in [9.17, 15) is 22.0 Å². The van der Waals surface area contributed by atoms with Crippen molar-refractivity contribution in [2.45, 2.75) is 116 Å². The second-order valence-corrected chi connectivity index (χ2v) is 12.0. The van der Waals surface area contributed by atoms with Crippen LogP contribution in [0.15, 0.2) is 24.3 Å². The van der Waals surface area contributed by atoms with Gasteiger partial charge in [-0.05, 0) is 97.6 Å². The molecule has 0 spiro atoms. The first kappa shape index (κ1) is 29.1. The highest BCUT2D eigenvalue weighted by Crippen LogP contribution is 2.39. The van der Waals surface area contributed by atoms with Gasteiger partial charge in [0.05, 0.1) is 0 Å². The number of aryl methyl sites for hydroxylation is 1. The van der Waals surface area contributed by atoms with E-state index in [1.165, 1.54) is 76.3 Å². The Labute approximate surface area is 225 Å². The third kappa shape index (κ3) is 7.82. The molecule has 210 valence electrons. The molecule has 0 unspecified atom stereocenters. The first-order chi connectivity index (χ1) is 18.3. The lowest BCUT2D eigenvalue weighted by molar-refractivity contribution is 0.243. The molecule has 0 amide bonds. The summed E-state index contributed by atoms with van der Waals surface area (Å²) in [7, 11) is 0. The van der Waals surface area contributed by atoms with Crippen LogP contribution < -0.4 is 0 Å². The van der Waals surface area contributed by atoms with E-state index < -0.39 is 29.1 Å². The highest BCUT2D eigenvalue weighted by molar-refractivity contribution is 5.30. The summed E-state index contributed by atoms with van der Waals surface area (Å²) >= 11 is 0. The van der Waals surface area contributed by atoms with E-state index >= 15 is 0 Å². The van der Waals surface area contributed by atoms with Crippen molar-refractivity contribution < 1.29 is 22.0 Å². The molecular weight excluding hydrogens is 491 g/mol. The standard InChI is InChI=1S/C33H43F5/c1-2-5-22-8-10-23(11-9-22)6-3-4-7-24-12-15-26(16-13-24)27-20-29(34)28(30(35)21-27)17-14-25-18-31(36)33(38)32(37)19-25/h18-24,26H,2-17H2,1H3. The van der Waals surface area contributed by atoms with Crippen LogP contribution >= 0.6 is 0 Å². The fourth-order valence-electron chi connectivity index (χ4n) is 6.99. The summed E-state index contributed by atoms with van der Waals surface area (Å²) in [6.45, 7) is 2.29. The molecule has 0 radical (unpaired) electrons. The van der Waals surface area contributed by atoms with Gasteiger partial charge in [-0.2, -0.15) is 0 Å². The highest BCUT2D eigenvalue weighted by Gasteiger charge is 2.25. The lowest BCUT2D eigenvalue weighted by Crippen LogP contribution is -2.15. The zero-order valence-electron chi connectivity index (χ0n) is 22.8. The Morgan fingerprint density at radius 2 is 1.05 bits per heavy atom. The Kier molecular flexibility index (Phi) is 10.7. The minimum atomic E-state index is -1.54. The Bertz CT molecular complexity index is 986. The van der Waals surface area contributed by atoms with Crippen LogP contribution in [0.3, 0.4) is 0 Å². The summed E-state index contributed by atoms with van der Waals surface area (Å²) in [6.07, 6.45) is 17.8. The second kappa shape index (κ2) is 13.9. The average Bonchev–Trinajstić information content (AvgIpc) is 2.90. The maximum absolute atomic E-state index is 14.8. The highest BCUT2D eigenvalue weighted by atomic mass is 19.2. The topological polar surface area (TPSA) is 0 Å². The van der Waals surface area contributed by atoms with E-state index in [1.54, 1.807) is 0 Å². The van der Waals surface area contributed by atoms with E-state index in [0.29, 0.717) is 5.56 Å². The van der Waals surface area contributed by atoms with Gasteiger partial charge in [-0.25, -0.2) is 22.0 Å². The maximum atomic E-state index is 14.8. The molecule has 2 aliphatic carbocycles. The predicted octanol–water partition coefficient (Wildman–Crippen LogP) is 10.6. The van der Waals surface area contributed by atoms with Gasteiger partial charge < -0.3 is 0 Å². The van der Waals surface area contributed by atoms with Gasteiger partial charge in [-0.15, -0.1) is 0 Å². The fourth-order valence-corrected chi connectivity index (χ4v) is 6.99. The number of hydrogen-bond acceptors (Lipinski definition) is 0. The minimum absolute atomic E-state index is 0.0204. The monoisotopic (exact) mass is 534 g/mol. The van der Waals surface area contributed by atoms with Crippen LogP contribution in [-0.4, -0.2) is 0 Å². The van der Waals surface area contributed by atoms with Crippen molar-refractivity contribution in [1.29, 1.82) is 0 Å². The zero-order chi connectivity index (χ0) is 27.1. The zero-order valence-corrected chi connectivity index (χ0v) is 22.8. The summed E-state index contributed by atoms with van der Waals surface area (Å²) in [5.41, 5.74) is 0.785. The summed E-state index contributed by atoms with van der Waals surface area (Å²) in [5, 5.41) is 0. The molecule has 2 aromatic rings. The van der Waals surface area contributed by atoms with Gasteiger partial charge in [-0.3, -0.25) is 0 Å². The van der Waals surface area contributed by atoms with E-state index in [2.05, 4.69) is 6.92 Å². The van der Waals surface area contributed by atoms with E-state index in [4.69, 9.17) is 0 Å². The van der Waals surface area contributed by atoms with Gasteiger partial charge in [-0.1, -0.05) is 71.1 Å². The smallest absolute Gasteiger partial charge is 0.194 e. The molecule has 0 atom stereocenters. The lowest BCUT2D eigenvalue weighted by atomic mass is 9.76. The van der Waals surface area contributed by atoms with Crippen LogP contribution in [0, 0.1) is 46.8 Å². The first-order valence-electron chi connectivity index (χ1n) is 14.9. The van der Waals surface area contributed by atoms with Crippen molar-refractivity contribution >= 4 is 0 Å². The number of halogens is 5. The molecule has 0 aromatic heterocycles. The van der Waals surface area contributed by atoms with Gasteiger partial charge in [0.2, 0.25) is 0 Å². The Morgan fingerprint density at radius 1 is 0.579 bits per heavy atom. The van der Waals surface area contributed by atoms with Crippen LogP contribution in [0.1, 0.15) is 119 Å². The molecule has 2 aromatic carbocycles. The Balaban J connectivity index is 1.19. The third-order valence-corrected chi connectivity index (χ3v) is 9.33. The summed E-state index contributed by atoms with van der Waals surface area (Å²) < 4.78 is 69.7. The molecule has 0 nitrogen and oxygen atoms in total. The van der Waals surface area contributed by atoms with Gasteiger partial charge in [0.15, 0.2) is 17.5 Å². The molecule has 0 aliphatic heterocycles. The first-order valence-corrected chi connectivity index (χ1v) is 14.9. The molecule has 0 bridgehead atoms. The lowest BCUT2D eigenvalue weighted by Gasteiger charge is -2.30. The molecule has 0 heterocycles. The van der Waals surface area contributed by atoms with Crippen molar-refractivity contribution in [2.24, 2.45) is 17.8 Å². The largest absolute Gasteiger partial charge is 0.207 e. The quantitative estimate of drug-likeness (QED) is 0.153. The summed E-state index contributed by atoms with van der Waals surface area (Å²) in [6, 6.07) is 4.62. The number of hydrogen-bond donors (Lipinski definition) is 0. The molecular formula is C33H43F5. The molecule has 5 heteroatoms. The van der Waals surface area contributed by atoms with E-state index in [1.807, 2.05) is 0 Å². The van der Waals surface area contributed by atoms with Gasteiger partial charge in [0, 0.05) is 5.56 Å². The van der Waals surface area contributed by atoms with Crippen molar-refractivity contribution in [3.05, 3.63) is 70.0 Å². The van der Waals surface area contributed by atoms with Gasteiger partial charge in [0.25, 0.3) is 0 Å². The number of benzene rings is 2.